The third kappa shape index (κ3) is 5.46. The van der Waals surface area contributed by atoms with E-state index in [1.54, 1.807) is 55.5 Å². The van der Waals surface area contributed by atoms with Gasteiger partial charge < -0.3 is 14.6 Å². The van der Waals surface area contributed by atoms with Gasteiger partial charge in [0.05, 0.1) is 24.4 Å². The zero-order valence-corrected chi connectivity index (χ0v) is 24.0. The average Bonchev–Trinajstić information content (AvgIpc) is 3.48. The number of methoxy groups -OCH3 is 1. The Hall–Kier alpha value is -4.47. The van der Waals surface area contributed by atoms with Crippen molar-refractivity contribution in [2.45, 2.75) is 26.5 Å². The Morgan fingerprint density at radius 3 is 2.46 bits per heavy atom. The number of aliphatic hydroxyl groups excluding tert-OH is 1. The molecule has 2 heterocycles. The quantitative estimate of drug-likeness (QED) is 0.115. The smallest absolute Gasteiger partial charge is 0.350 e. The zero-order valence-electron chi connectivity index (χ0n) is 22.4. The van der Waals surface area contributed by atoms with Crippen molar-refractivity contribution in [3.05, 3.63) is 116 Å². The van der Waals surface area contributed by atoms with Crippen LogP contribution in [0.3, 0.4) is 0 Å². The van der Waals surface area contributed by atoms with Crippen LogP contribution in [0.5, 0.6) is 5.75 Å². The lowest BCUT2D eigenvalue weighted by Gasteiger charge is -2.23. The second-order valence-electron chi connectivity index (χ2n) is 9.37. The molecule has 0 bridgehead atoms. The van der Waals surface area contributed by atoms with E-state index in [2.05, 4.69) is 4.98 Å². The van der Waals surface area contributed by atoms with Crippen LogP contribution >= 0.6 is 22.9 Å². The fraction of sp³-hybridized carbons (Fsp3) is 0.161. The summed E-state index contributed by atoms with van der Waals surface area (Å²) < 4.78 is 10.7. The molecular weight excluding hydrogens is 564 g/mol. The van der Waals surface area contributed by atoms with Crippen molar-refractivity contribution in [3.63, 3.8) is 0 Å². The Kier molecular flexibility index (Phi) is 7.92. The van der Waals surface area contributed by atoms with Crippen LogP contribution in [0.15, 0.2) is 78.4 Å². The lowest BCUT2D eigenvalue weighted by molar-refractivity contribution is -0.132. The molecule has 41 heavy (non-hydrogen) atoms. The van der Waals surface area contributed by atoms with Crippen molar-refractivity contribution in [2.75, 3.05) is 12.0 Å². The summed E-state index contributed by atoms with van der Waals surface area (Å²) in [6, 6.07) is 20.1. The first-order valence-electron chi connectivity index (χ1n) is 12.6. The summed E-state index contributed by atoms with van der Waals surface area (Å²) in [7, 11) is 1.25. The minimum atomic E-state index is -1.04. The van der Waals surface area contributed by atoms with E-state index in [1.807, 2.05) is 31.2 Å². The molecule has 1 atom stereocenters. The number of carbonyl (C=O) groups excluding carboxylic acids is 3. The molecule has 1 aromatic heterocycles. The van der Waals surface area contributed by atoms with Gasteiger partial charge in [-0.2, -0.15) is 0 Å². The van der Waals surface area contributed by atoms with Gasteiger partial charge in [0, 0.05) is 10.6 Å². The van der Waals surface area contributed by atoms with Crippen molar-refractivity contribution in [1.82, 2.24) is 4.98 Å². The molecule has 1 unspecified atom stereocenters. The van der Waals surface area contributed by atoms with Gasteiger partial charge in [0.25, 0.3) is 5.78 Å². The SMILES string of the molecule is COC(=O)c1sc(N2C(=O)C(=O)C(=C(O)c3ccc(OCc4ccccc4C)cc3)C2c2cccc(Cl)c2)nc1C. The molecule has 0 aliphatic carbocycles. The predicted octanol–water partition coefficient (Wildman–Crippen LogP) is 6.41. The number of aryl methyl sites for hydroxylation is 2. The van der Waals surface area contributed by atoms with Gasteiger partial charge in [-0.1, -0.05) is 59.3 Å². The topological polar surface area (TPSA) is 106 Å². The first-order valence-corrected chi connectivity index (χ1v) is 13.8. The summed E-state index contributed by atoms with van der Waals surface area (Å²) in [6.07, 6.45) is 0. The molecule has 4 aromatic rings. The summed E-state index contributed by atoms with van der Waals surface area (Å²) in [5, 5.41) is 11.9. The number of hydrogen-bond donors (Lipinski definition) is 1. The van der Waals surface area contributed by atoms with Gasteiger partial charge in [-0.3, -0.25) is 14.5 Å². The Morgan fingerprint density at radius 1 is 1.05 bits per heavy atom. The Balaban J connectivity index is 1.54. The number of halogens is 1. The standard InChI is InChI=1S/C31H25ClN2O6S/c1-17-7-4-5-8-21(17)16-40-23-13-11-19(12-14-23)26(35)24-25(20-9-6-10-22(32)15-20)34(29(37)27(24)36)31-33-18(2)28(41-31)30(38)39-3/h4-15,25,35H,16H2,1-3H3. The number of aromatic nitrogens is 1. The van der Waals surface area contributed by atoms with Gasteiger partial charge in [-0.15, -0.1) is 0 Å². The maximum absolute atomic E-state index is 13.4. The van der Waals surface area contributed by atoms with Gasteiger partial charge in [0.2, 0.25) is 0 Å². The van der Waals surface area contributed by atoms with Crippen LogP contribution in [0, 0.1) is 13.8 Å². The fourth-order valence-corrected chi connectivity index (χ4v) is 5.80. The Labute approximate surface area is 245 Å². The molecule has 208 valence electrons. The minimum Gasteiger partial charge on any atom is -0.507 e. The van der Waals surface area contributed by atoms with Crippen LogP contribution in [-0.2, 0) is 20.9 Å². The highest BCUT2D eigenvalue weighted by Gasteiger charge is 2.48. The van der Waals surface area contributed by atoms with E-state index in [1.165, 1.54) is 12.0 Å². The molecule has 1 aliphatic rings. The molecule has 1 fully saturated rings. The van der Waals surface area contributed by atoms with Crippen molar-refractivity contribution < 1.29 is 29.0 Å². The molecule has 3 aromatic carbocycles. The summed E-state index contributed by atoms with van der Waals surface area (Å²) in [4.78, 5) is 44.9. The first kappa shape index (κ1) is 28.1. The Bertz CT molecular complexity index is 1690. The van der Waals surface area contributed by atoms with Gasteiger partial charge >= 0.3 is 11.9 Å². The lowest BCUT2D eigenvalue weighted by atomic mass is 9.95. The molecule has 0 radical (unpaired) electrons. The number of amides is 1. The maximum atomic E-state index is 13.4. The van der Waals surface area contributed by atoms with E-state index in [0.717, 1.165) is 22.5 Å². The fourth-order valence-electron chi connectivity index (χ4n) is 4.59. The molecule has 8 nitrogen and oxygen atoms in total. The van der Waals surface area contributed by atoms with Crippen molar-refractivity contribution in [1.29, 1.82) is 0 Å². The summed E-state index contributed by atoms with van der Waals surface area (Å²) >= 11 is 7.20. The van der Waals surface area contributed by atoms with Crippen molar-refractivity contribution in [3.8, 4) is 5.75 Å². The molecule has 1 amide bonds. The Morgan fingerprint density at radius 2 is 1.78 bits per heavy atom. The van der Waals surface area contributed by atoms with Crippen molar-refractivity contribution in [2.24, 2.45) is 0 Å². The number of carbonyl (C=O) groups is 3. The number of Topliss-reactive ketones (excluding diaryl/α,β-unsaturated/α-hetero) is 1. The maximum Gasteiger partial charge on any atom is 0.350 e. The number of aliphatic hydroxyl groups is 1. The number of benzene rings is 3. The van der Waals surface area contributed by atoms with E-state index in [-0.39, 0.29) is 21.3 Å². The highest BCUT2D eigenvalue weighted by atomic mass is 35.5. The summed E-state index contributed by atoms with van der Waals surface area (Å²) in [5.41, 5.74) is 3.20. The van der Waals surface area contributed by atoms with Crippen LogP contribution in [0.2, 0.25) is 5.02 Å². The van der Waals surface area contributed by atoms with Crippen LogP contribution in [0.25, 0.3) is 5.76 Å². The number of ether oxygens (including phenoxy) is 2. The van der Waals surface area contributed by atoms with Gasteiger partial charge in [-0.25, -0.2) is 9.78 Å². The molecule has 5 rings (SSSR count). The van der Waals surface area contributed by atoms with Gasteiger partial charge in [0.1, 0.15) is 23.0 Å². The van der Waals surface area contributed by atoms with Crippen molar-refractivity contribution >= 4 is 51.5 Å². The molecular formula is C31H25ClN2O6S. The first-order chi connectivity index (χ1) is 19.7. The largest absolute Gasteiger partial charge is 0.507 e. The average molecular weight is 589 g/mol. The van der Waals surface area contributed by atoms with Gasteiger partial charge in [0.15, 0.2) is 5.13 Å². The summed E-state index contributed by atoms with van der Waals surface area (Å²) in [6.45, 7) is 3.99. The predicted molar refractivity (Wildman–Crippen MR) is 156 cm³/mol. The van der Waals surface area contributed by atoms with E-state index in [0.29, 0.717) is 34.2 Å². The molecule has 1 N–H and O–H groups in total. The number of thiazole rings is 1. The molecule has 0 spiro atoms. The zero-order chi connectivity index (χ0) is 29.3. The van der Waals surface area contributed by atoms with Crippen LogP contribution in [0.1, 0.15) is 43.7 Å². The molecule has 1 aliphatic heterocycles. The van der Waals surface area contributed by atoms with Crippen LogP contribution < -0.4 is 9.64 Å². The molecule has 10 heteroatoms. The molecule has 0 saturated carbocycles. The number of rotatable bonds is 7. The van der Waals surface area contributed by atoms with E-state index in [4.69, 9.17) is 21.1 Å². The highest BCUT2D eigenvalue weighted by molar-refractivity contribution is 7.17. The van der Waals surface area contributed by atoms with Gasteiger partial charge in [-0.05, 0) is 66.9 Å². The lowest BCUT2D eigenvalue weighted by Crippen LogP contribution is -2.29. The second-order valence-corrected chi connectivity index (χ2v) is 10.8. The van der Waals surface area contributed by atoms with E-state index < -0.39 is 23.7 Å². The van der Waals surface area contributed by atoms with E-state index in [9.17, 15) is 19.5 Å². The number of nitrogens with zero attached hydrogens (tertiary/aromatic N) is 2. The number of anilines is 1. The normalized spacial score (nSPS) is 16.2. The highest BCUT2D eigenvalue weighted by Crippen LogP contribution is 2.44. The minimum absolute atomic E-state index is 0.119. The number of hydrogen-bond acceptors (Lipinski definition) is 8. The summed E-state index contributed by atoms with van der Waals surface area (Å²) in [5.74, 6) is -2.17. The number of ketones is 1. The monoisotopic (exact) mass is 588 g/mol. The third-order valence-electron chi connectivity index (χ3n) is 6.75. The third-order valence-corrected chi connectivity index (χ3v) is 8.13. The van der Waals surface area contributed by atoms with E-state index >= 15 is 0 Å². The van der Waals surface area contributed by atoms with Crippen LogP contribution in [0.4, 0.5) is 5.13 Å². The second kappa shape index (κ2) is 11.6. The number of esters is 1. The molecule has 1 saturated heterocycles. The van der Waals surface area contributed by atoms with Crippen LogP contribution in [-0.4, -0.2) is 34.9 Å².